The van der Waals surface area contributed by atoms with Crippen LogP contribution < -0.4 is 0 Å². The van der Waals surface area contributed by atoms with Crippen molar-refractivity contribution in [2.24, 2.45) is 11.3 Å². The van der Waals surface area contributed by atoms with Gasteiger partial charge >= 0.3 is 0 Å². The summed E-state index contributed by atoms with van der Waals surface area (Å²) in [5, 5.41) is 3.98. The van der Waals surface area contributed by atoms with E-state index in [1.54, 1.807) is 0 Å². The van der Waals surface area contributed by atoms with Gasteiger partial charge < -0.3 is 14.3 Å². The molecule has 2 aliphatic rings. The van der Waals surface area contributed by atoms with Crippen molar-refractivity contribution in [3.63, 3.8) is 0 Å². The molecule has 0 saturated carbocycles. The van der Waals surface area contributed by atoms with Crippen LogP contribution in [0.1, 0.15) is 43.7 Å². The molecule has 5 heteroatoms. The zero-order chi connectivity index (χ0) is 15.9. The van der Waals surface area contributed by atoms with E-state index >= 15 is 0 Å². The Bertz CT molecular complexity index is 547. The molecule has 1 atom stereocenters. The normalized spacial score (nSPS) is 26.0. The van der Waals surface area contributed by atoms with Crippen molar-refractivity contribution < 1.29 is 9.32 Å². The SMILES string of the molecule is Cc1noc(C)c1CN1C[C@]2(CCCN(CC(C)C)C2)C1=O. The molecule has 0 aliphatic carbocycles. The maximum Gasteiger partial charge on any atom is 0.232 e. The van der Waals surface area contributed by atoms with Crippen LogP contribution in [0.25, 0.3) is 0 Å². The van der Waals surface area contributed by atoms with Gasteiger partial charge in [-0.3, -0.25) is 4.79 Å². The van der Waals surface area contributed by atoms with E-state index in [9.17, 15) is 4.79 Å². The number of aromatic nitrogens is 1. The standard InChI is InChI=1S/C17H27N3O2/c1-12(2)8-19-7-5-6-17(10-19)11-20(16(17)21)9-15-13(3)18-22-14(15)4/h12H,5-11H2,1-4H3/t17-/m1/s1. The minimum Gasteiger partial charge on any atom is -0.361 e. The molecule has 1 amide bonds. The van der Waals surface area contributed by atoms with Crippen LogP contribution in [0.3, 0.4) is 0 Å². The highest BCUT2D eigenvalue weighted by Crippen LogP contribution is 2.41. The van der Waals surface area contributed by atoms with Gasteiger partial charge in [-0.25, -0.2) is 0 Å². The van der Waals surface area contributed by atoms with Gasteiger partial charge in [-0.05, 0) is 39.2 Å². The van der Waals surface area contributed by atoms with Gasteiger partial charge in [0.25, 0.3) is 0 Å². The van der Waals surface area contributed by atoms with Crippen LogP contribution >= 0.6 is 0 Å². The Morgan fingerprint density at radius 1 is 1.32 bits per heavy atom. The van der Waals surface area contributed by atoms with E-state index in [1.165, 1.54) is 0 Å². The van der Waals surface area contributed by atoms with E-state index in [2.05, 4.69) is 23.9 Å². The third-order valence-corrected chi connectivity index (χ3v) is 5.04. The number of hydrogen-bond donors (Lipinski definition) is 0. The number of nitrogens with zero attached hydrogens (tertiary/aromatic N) is 3. The zero-order valence-electron chi connectivity index (χ0n) is 14.2. The average Bonchev–Trinajstić information content (AvgIpc) is 2.78. The second kappa shape index (κ2) is 5.69. The van der Waals surface area contributed by atoms with Crippen LogP contribution in [0, 0.1) is 25.2 Å². The summed E-state index contributed by atoms with van der Waals surface area (Å²) >= 11 is 0. The quantitative estimate of drug-likeness (QED) is 0.801. The Labute approximate surface area is 132 Å². The van der Waals surface area contributed by atoms with E-state index in [0.29, 0.717) is 18.4 Å². The van der Waals surface area contributed by atoms with E-state index in [-0.39, 0.29) is 5.41 Å². The van der Waals surface area contributed by atoms with Crippen molar-refractivity contribution in [3.05, 3.63) is 17.0 Å². The summed E-state index contributed by atoms with van der Waals surface area (Å²) < 4.78 is 5.20. The number of hydrogen-bond acceptors (Lipinski definition) is 4. The highest BCUT2D eigenvalue weighted by Gasteiger charge is 2.53. The Morgan fingerprint density at radius 3 is 2.68 bits per heavy atom. The van der Waals surface area contributed by atoms with E-state index < -0.39 is 0 Å². The fraction of sp³-hybridized carbons (Fsp3) is 0.765. The van der Waals surface area contributed by atoms with Crippen molar-refractivity contribution in [3.8, 4) is 0 Å². The predicted molar refractivity (Wildman–Crippen MR) is 84.3 cm³/mol. The van der Waals surface area contributed by atoms with Gasteiger partial charge in [-0.15, -0.1) is 0 Å². The third-order valence-electron chi connectivity index (χ3n) is 5.04. The van der Waals surface area contributed by atoms with E-state index in [1.807, 2.05) is 18.7 Å². The summed E-state index contributed by atoms with van der Waals surface area (Å²) in [4.78, 5) is 17.2. The van der Waals surface area contributed by atoms with Crippen molar-refractivity contribution in [1.82, 2.24) is 15.0 Å². The first-order chi connectivity index (χ1) is 10.4. The van der Waals surface area contributed by atoms with Crippen LogP contribution in [0.2, 0.25) is 0 Å². The van der Waals surface area contributed by atoms with E-state index in [0.717, 1.165) is 56.0 Å². The average molecular weight is 305 g/mol. The number of rotatable bonds is 4. The molecule has 0 aromatic carbocycles. The second-order valence-corrected chi connectivity index (χ2v) is 7.48. The van der Waals surface area contributed by atoms with Crippen LogP contribution in [-0.2, 0) is 11.3 Å². The van der Waals surface area contributed by atoms with Gasteiger partial charge in [0, 0.05) is 25.2 Å². The largest absolute Gasteiger partial charge is 0.361 e. The molecule has 0 bridgehead atoms. The van der Waals surface area contributed by atoms with Crippen molar-refractivity contribution in [1.29, 1.82) is 0 Å². The van der Waals surface area contributed by atoms with Gasteiger partial charge in [-0.1, -0.05) is 19.0 Å². The van der Waals surface area contributed by atoms with Crippen LogP contribution in [0.5, 0.6) is 0 Å². The predicted octanol–water partition coefficient (Wildman–Crippen LogP) is 2.37. The highest BCUT2D eigenvalue weighted by molar-refractivity contribution is 5.89. The van der Waals surface area contributed by atoms with Crippen molar-refractivity contribution >= 4 is 5.91 Å². The molecular formula is C17H27N3O2. The van der Waals surface area contributed by atoms with Crippen LogP contribution in [0.4, 0.5) is 0 Å². The van der Waals surface area contributed by atoms with Crippen LogP contribution in [0.15, 0.2) is 4.52 Å². The summed E-state index contributed by atoms with van der Waals surface area (Å²) in [5.74, 6) is 1.81. The minimum absolute atomic E-state index is 0.119. The summed E-state index contributed by atoms with van der Waals surface area (Å²) in [7, 11) is 0. The Balaban J connectivity index is 1.64. The minimum atomic E-state index is -0.119. The molecule has 1 spiro atoms. The van der Waals surface area contributed by atoms with Crippen LogP contribution in [-0.4, -0.2) is 47.0 Å². The van der Waals surface area contributed by atoms with Gasteiger partial charge in [0.1, 0.15) is 5.76 Å². The lowest BCUT2D eigenvalue weighted by molar-refractivity contribution is -0.167. The van der Waals surface area contributed by atoms with Crippen molar-refractivity contribution in [2.75, 3.05) is 26.2 Å². The summed E-state index contributed by atoms with van der Waals surface area (Å²) in [6, 6.07) is 0. The fourth-order valence-corrected chi connectivity index (χ4v) is 4.00. The number of β-lactam (4-membered cyclic amide) rings is 1. The maximum absolute atomic E-state index is 12.8. The molecule has 2 aliphatic heterocycles. The monoisotopic (exact) mass is 305 g/mol. The topological polar surface area (TPSA) is 49.6 Å². The lowest BCUT2D eigenvalue weighted by Crippen LogP contribution is -2.66. The molecule has 1 aromatic heterocycles. The number of likely N-dealkylation sites (tertiary alicyclic amines) is 2. The molecule has 3 heterocycles. The number of piperidine rings is 1. The highest BCUT2D eigenvalue weighted by atomic mass is 16.5. The second-order valence-electron chi connectivity index (χ2n) is 7.48. The van der Waals surface area contributed by atoms with Gasteiger partial charge in [0.15, 0.2) is 0 Å². The molecule has 0 N–H and O–H groups in total. The fourth-order valence-electron chi connectivity index (χ4n) is 4.00. The van der Waals surface area contributed by atoms with Gasteiger partial charge in [0.2, 0.25) is 5.91 Å². The maximum atomic E-state index is 12.8. The number of aryl methyl sites for hydroxylation is 2. The van der Waals surface area contributed by atoms with Gasteiger partial charge in [0.05, 0.1) is 17.7 Å². The molecule has 0 radical (unpaired) electrons. The summed E-state index contributed by atoms with van der Waals surface area (Å²) in [6.07, 6.45) is 2.18. The number of carbonyl (C=O) groups is 1. The molecule has 0 unspecified atom stereocenters. The first-order valence-corrected chi connectivity index (χ1v) is 8.35. The summed E-state index contributed by atoms with van der Waals surface area (Å²) in [6.45, 7) is 13.0. The molecule has 3 rings (SSSR count). The Kier molecular flexibility index (Phi) is 4.02. The zero-order valence-corrected chi connectivity index (χ0v) is 14.2. The molecular weight excluding hydrogens is 278 g/mol. The van der Waals surface area contributed by atoms with Crippen molar-refractivity contribution in [2.45, 2.75) is 47.1 Å². The van der Waals surface area contributed by atoms with E-state index in [4.69, 9.17) is 4.52 Å². The first kappa shape index (κ1) is 15.5. The number of carbonyl (C=O) groups excluding carboxylic acids is 1. The Morgan fingerprint density at radius 2 is 2.09 bits per heavy atom. The molecule has 2 fully saturated rings. The lowest BCUT2D eigenvalue weighted by Gasteiger charge is -2.53. The Hall–Kier alpha value is -1.36. The lowest BCUT2D eigenvalue weighted by atomic mass is 9.72. The third kappa shape index (κ3) is 2.67. The molecule has 22 heavy (non-hydrogen) atoms. The number of amides is 1. The smallest absolute Gasteiger partial charge is 0.232 e. The molecule has 5 nitrogen and oxygen atoms in total. The molecule has 122 valence electrons. The first-order valence-electron chi connectivity index (χ1n) is 8.35. The van der Waals surface area contributed by atoms with Gasteiger partial charge in [-0.2, -0.15) is 0 Å². The molecule has 2 saturated heterocycles. The summed E-state index contributed by atoms with van der Waals surface area (Å²) in [5.41, 5.74) is 1.85. The molecule has 1 aromatic rings.